The van der Waals surface area contributed by atoms with E-state index in [4.69, 9.17) is 27.9 Å². The van der Waals surface area contributed by atoms with Crippen LogP contribution in [0, 0.1) is 0 Å². The first-order valence-electron chi connectivity index (χ1n) is 7.95. The highest BCUT2D eigenvalue weighted by Crippen LogP contribution is 2.32. The molecule has 1 aliphatic rings. The van der Waals surface area contributed by atoms with Crippen molar-refractivity contribution < 1.29 is 14.3 Å². The van der Waals surface area contributed by atoms with Gasteiger partial charge < -0.3 is 9.64 Å². The summed E-state index contributed by atoms with van der Waals surface area (Å²) in [6.07, 6.45) is -0.120. The number of ether oxygens (including phenoxy) is 1. The lowest BCUT2D eigenvalue weighted by Crippen LogP contribution is -2.43. The van der Waals surface area contributed by atoms with E-state index in [0.717, 1.165) is 17.7 Å². The van der Waals surface area contributed by atoms with Gasteiger partial charge >= 0.3 is 5.97 Å². The van der Waals surface area contributed by atoms with Gasteiger partial charge in [-0.1, -0.05) is 41.4 Å². The Morgan fingerprint density at radius 1 is 1.16 bits per heavy atom. The number of hydrogen-bond donors (Lipinski definition) is 0. The van der Waals surface area contributed by atoms with Crippen molar-refractivity contribution in [3.05, 3.63) is 63.6 Å². The van der Waals surface area contributed by atoms with Gasteiger partial charge in [0.15, 0.2) is 6.10 Å². The summed E-state index contributed by atoms with van der Waals surface area (Å²) in [5.41, 5.74) is 2.24. The second-order valence-corrected chi connectivity index (χ2v) is 6.88. The van der Waals surface area contributed by atoms with Gasteiger partial charge in [-0.15, -0.1) is 0 Å². The fraction of sp³-hybridized carbons (Fsp3) is 0.263. The normalized spacial score (nSPS) is 17.1. The molecule has 0 aliphatic carbocycles. The fourth-order valence-electron chi connectivity index (χ4n) is 3.00. The summed E-state index contributed by atoms with van der Waals surface area (Å²) < 4.78 is 5.34. The van der Waals surface area contributed by atoms with Crippen LogP contribution in [-0.4, -0.2) is 24.0 Å². The zero-order valence-electron chi connectivity index (χ0n) is 13.8. The highest BCUT2D eigenvalue weighted by atomic mass is 35.5. The van der Waals surface area contributed by atoms with E-state index in [1.54, 1.807) is 11.8 Å². The van der Waals surface area contributed by atoms with Crippen molar-refractivity contribution in [3.8, 4) is 0 Å². The summed E-state index contributed by atoms with van der Waals surface area (Å²) in [7, 11) is 0. The lowest BCUT2D eigenvalue weighted by Gasteiger charge is -2.26. The Morgan fingerprint density at radius 3 is 2.60 bits per heavy atom. The number of esters is 1. The molecule has 2 aromatic carbocycles. The van der Waals surface area contributed by atoms with E-state index in [1.165, 1.54) is 18.2 Å². The molecule has 0 N–H and O–H groups in total. The molecular weight excluding hydrogens is 361 g/mol. The first-order valence-corrected chi connectivity index (χ1v) is 8.71. The molecule has 4 nitrogen and oxygen atoms in total. The topological polar surface area (TPSA) is 46.6 Å². The van der Waals surface area contributed by atoms with Crippen molar-refractivity contribution in [2.24, 2.45) is 0 Å². The number of rotatable bonds is 3. The Morgan fingerprint density at radius 2 is 1.88 bits per heavy atom. The van der Waals surface area contributed by atoms with Crippen LogP contribution >= 0.6 is 23.2 Å². The van der Waals surface area contributed by atoms with Crippen LogP contribution in [0.3, 0.4) is 0 Å². The molecule has 6 heteroatoms. The quantitative estimate of drug-likeness (QED) is 0.738. The molecule has 1 heterocycles. The van der Waals surface area contributed by atoms with Crippen molar-refractivity contribution in [2.45, 2.75) is 32.4 Å². The molecule has 0 fully saturated rings. The molecule has 130 valence electrons. The van der Waals surface area contributed by atoms with Gasteiger partial charge in [-0.3, -0.25) is 4.79 Å². The van der Waals surface area contributed by atoms with Gasteiger partial charge in [-0.05, 0) is 50.1 Å². The van der Waals surface area contributed by atoms with E-state index in [-0.39, 0.29) is 22.5 Å². The summed E-state index contributed by atoms with van der Waals surface area (Å²) in [6, 6.07) is 12.2. The largest absolute Gasteiger partial charge is 0.449 e. The number of benzene rings is 2. The zero-order valence-corrected chi connectivity index (χ0v) is 15.3. The third kappa shape index (κ3) is 3.51. The molecule has 1 amide bonds. The van der Waals surface area contributed by atoms with E-state index in [1.807, 2.05) is 31.2 Å². The monoisotopic (exact) mass is 377 g/mol. The Kier molecular flexibility index (Phi) is 5.02. The van der Waals surface area contributed by atoms with Gasteiger partial charge in [0.2, 0.25) is 0 Å². The predicted molar refractivity (Wildman–Crippen MR) is 98.4 cm³/mol. The number of halogens is 2. The third-order valence-corrected chi connectivity index (χ3v) is 4.97. The molecule has 3 rings (SSSR count). The molecule has 0 saturated carbocycles. The van der Waals surface area contributed by atoms with Gasteiger partial charge in [0.05, 0.1) is 15.6 Å². The number of carbonyl (C=O) groups is 2. The summed E-state index contributed by atoms with van der Waals surface area (Å²) in [5, 5.41) is 0.613. The second-order valence-electron chi connectivity index (χ2n) is 6.07. The lowest BCUT2D eigenvalue weighted by atomic mass is 10.1. The van der Waals surface area contributed by atoms with Crippen LogP contribution in [0.1, 0.15) is 29.8 Å². The first kappa shape index (κ1) is 17.8. The van der Waals surface area contributed by atoms with Crippen molar-refractivity contribution >= 4 is 40.8 Å². The number of hydrogen-bond acceptors (Lipinski definition) is 3. The minimum atomic E-state index is -0.907. The molecule has 25 heavy (non-hydrogen) atoms. The standard InChI is InChI=1S/C19H17Cl2NO3/c1-11-9-13-5-3-4-6-17(13)22(11)18(23)12(2)25-19(24)14-7-8-15(20)16(21)10-14/h3-8,10-12H,9H2,1-2H3/t11-,12+/m0/s1. The summed E-state index contributed by atoms with van der Waals surface area (Å²) >= 11 is 11.8. The molecule has 0 radical (unpaired) electrons. The summed E-state index contributed by atoms with van der Waals surface area (Å²) in [5.74, 6) is -0.856. The van der Waals surface area contributed by atoms with Gasteiger partial charge in [0.1, 0.15) is 0 Å². The van der Waals surface area contributed by atoms with Crippen LogP contribution in [-0.2, 0) is 16.0 Å². The van der Waals surface area contributed by atoms with E-state index >= 15 is 0 Å². The molecular formula is C19H17Cl2NO3. The molecule has 0 bridgehead atoms. The molecule has 2 aromatic rings. The Bertz CT molecular complexity index is 837. The van der Waals surface area contributed by atoms with Crippen molar-refractivity contribution in [3.63, 3.8) is 0 Å². The van der Waals surface area contributed by atoms with Crippen molar-refractivity contribution in [1.82, 2.24) is 0 Å². The number of carbonyl (C=O) groups excluding carboxylic acids is 2. The van der Waals surface area contributed by atoms with Crippen LogP contribution in [0.2, 0.25) is 10.0 Å². The number of fused-ring (bicyclic) bond motifs is 1. The molecule has 2 atom stereocenters. The maximum absolute atomic E-state index is 12.8. The third-order valence-electron chi connectivity index (χ3n) is 4.23. The van der Waals surface area contributed by atoms with Crippen LogP contribution in [0.15, 0.2) is 42.5 Å². The summed E-state index contributed by atoms with van der Waals surface area (Å²) in [6.45, 7) is 3.55. The number of anilines is 1. The predicted octanol–water partition coefficient (Wildman–Crippen LogP) is 4.52. The molecule has 1 aliphatic heterocycles. The summed E-state index contributed by atoms with van der Waals surface area (Å²) in [4.78, 5) is 26.8. The van der Waals surface area contributed by atoms with E-state index in [0.29, 0.717) is 5.02 Å². The molecule has 0 unspecified atom stereocenters. The SMILES string of the molecule is C[C@@H](OC(=O)c1ccc(Cl)c(Cl)c1)C(=O)N1c2ccccc2C[C@@H]1C. The first-order chi connectivity index (χ1) is 11.9. The highest BCUT2D eigenvalue weighted by molar-refractivity contribution is 6.42. The smallest absolute Gasteiger partial charge is 0.338 e. The van der Waals surface area contributed by atoms with Gasteiger partial charge in [0.25, 0.3) is 5.91 Å². The Hall–Kier alpha value is -2.04. The maximum Gasteiger partial charge on any atom is 0.338 e. The average molecular weight is 378 g/mol. The van der Waals surface area contributed by atoms with Crippen molar-refractivity contribution in [1.29, 1.82) is 0 Å². The van der Waals surface area contributed by atoms with Gasteiger partial charge in [-0.2, -0.15) is 0 Å². The van der Waals surface area contributed by atoms with Crippen LogP contribution < -0.4 is 4.90 Å². The average Bonchev–Trinajstić information content (AvgIpc) is 2.92. The second kappa shape index (κ2) is 7.06. The maximum atomic E-state index is 12.8. The zero-order chi connectivity index (χ0) is 18.1. The van der Waals surface area contributed by atoms with E-state index in [9.17, 15) is 9.59 Å². The van der Waals surface area contributed by atoms with Crippen molar-refractivity contribution in [2.75, 3.05) is 4.90 Å². The Labute approximate surface area is 156 Å². The Balaban J connectivity index is 1.75. The molecule has 0 saturated heterocycles. The van der Waals surface area contributed by atoms with Crippen LogP contribution in [0.5, 0.6) is 0 Å². The number of para-hydroxylation sites is 1. The van der Waals surface area contributed by atoms with Gasteiger partial charge in [-0.25, -0.2) is 4.79 Å². The highest BCUT2D eigenvalue weighted by Gasteiger charge is 2.34. The molecule has 0 aromatic heterocycles. The van der Waals surface area contributed by atoms with Crippen LogP contribution in [0.4, 0.5) is 5.69 Å². The van der Waals surface area contributed by atoms with E-state index in [2.05, 4.69) is 0 Å². The van der Waals surface area contributed by atoms with Gasteiger partial charge in [0, 0.05) is 11.7 Å². The fourth-order valence-corrected chi connectivity index (χ4v) is 3.30. The number of nitrogens with zero attached hydrogens (tertiary/aromatic N) is 1. The minimum absolute atomic E-state index is 0.0241. The van der Waals surface area contributed by atoms with E-state index < -0.39 is 12.1 Å². The molecule has 0 spiro atoms. The number of amides is 1. The van der Waals surface area contributed by atoms with Crippen LogP contribution in [0.25, 0.3) is 0 Å². The lowest BCUT2D eigenvalue weighted by molar-refractivity contribution is -0.126. The minimum Gasteiger partial charge on any atom is -0.449 e.